The topological polar surface area (TPSA) is 39.3 Å². The second-order valence-corrected chi connectivity index (χ2v) is 7.84. The highest BCUT2D eigenvalue weighted by molar-refractivity contribution is 9.10. The van der Waals surface area contributed by atoms with E-state index in [1.165, 1.54) is 23.9 Å². The van der Waals surface area contributed by atoms with Crippen LogP contribution in [0, 0.1) is 6.92 Å². The highest BCUT2D eigenvalue weighted by atomic mass is 79.9. The largest absolute Gasteiger partial charge is 0.306 e. The third-order valence-corrected chi connectivity index (χ3v) is 6.05. The van der Waals surface area contributed by atoms with Crippen LogP contribution in [0.4, 0.5) is 0 Å². The van der Waals surface area contributed by atoms with E-state index in [0.29, 0.717) is 11.4 Å². The molecule has 5 rings (SSSR count). The molecule has 140 valence electrons. The van der Waals surface area contributed by atoms with Gasteiger partial charge in [0.25, 0.3) is 5.56 Å². The number of aryl methyl sites for hydroxylation is 1. The van der Waals surface area contributed by atoms with E-state index in [2.05, 4.69) is 55.0 Å². The molecule has 0 N–H and O–H groups in total. The molecule has 0 spiro atoms. The lowest BCUT2D eigenvalue weighted by Gasteiger charge is -2.14. The van der Waals surface area contributed by atoms with Gasteiger partial charge in [0.1, 0.15) is 0 Å². The van der Waals surface area contributed by atoms with E-state index in [1.54, 1.807) is 0 Å². The highest BCUT2D eigenvalue weighted by Crippen LogP contribution is 2.36. The van der Waals surface area contributed by atoms with Crippen molar-refractivity contribution in [3.05, 3.63) is 56.8 Å². The Morgan fingerprint density at radius 2 is 1.78 bits per heavy atom. The minimum Gasteiger partial charge on any atom is -0.306 e. The maximum Gasteiger partial charge on any atom is 0.283 e. The van der Waals surface area contributed by atoms with Gasteiger partial charge in [-0.15, -0.1) is 0 Å². The zero-order chi connectivity index (χ0) is 19.1. The summed E-state index contributed by atoms with van der Waals surface area (Å²) in [6.07, 6.45) is 4.79. The standard InChI is InChI=1S/C20H18BrN3O.C2H6/c1-12-9-10-15-17(11-12)23(13-5-2-3-6-13)20-22-19(25)18-14(21)7-4-8-16(18)24(15)20;1-2/h4,7-11,13H,2-3,5-6H2,1H3;1-2H3. The molecule has 0 aliphatic heterocycles. The van der Waals surface area contributed by atoms with Gasteiger partial charge in [-0.25, -0.2) is 0 Å². The van der Waals surface area contributed by atoms with E-state index < -0.39 is 0 Å². The summed E-state index contributed by atoms with van der Waals surface area (Å²) < 4.78 is 5.25. The van der Waals surface area contributed by atoms with Gasteiger partial charge in [0.2, 0.25) is 5.78 Å². The molecule has 2 aromatic heterocycles. The monoisotopic (exact) mass is 425 g/mol. The molecule has 2 aromatic carbocycles. The summed E-state index contributed by atoms with van der Waals surface area (Å²) in [6, 6.07) is 12.8. The van der Waals surface area contributed by atoms with Crippen LogP contribution in [0.1, 0.15) is 51.1 Å². The third kappa shape index (κ3) is 2.80. The van der Waals surface area contributed by atoms with Crippen molar-refractivity contribution in [2.24, 2.45) is 0 Å². The molecule has 0 amide bonds. The SMILES string of the molecule is CC.Cc1ccc2c(c1)n(C1CCCC1)c1nc(=O)c3c(Br)cccc3n21. The molecular formula is C22H24BrN3O. The van der Waals surface area contributed by atoms with Crippen LogP contribution in [0.15, 0.2) is 45.7 Å². The molecular weight excluding hydrogens is 402 g/mol. The van der Waals surface area contributed by atoms with Crippen LogP contribution in [-0.2, 0) is 0 Å². The number of hydrogen-bond donors (Lipinski definition) is 0. The summed E-state index contributed by atoms with van der Waals surface area (Å²) in [5.41, 5.74) is 4.26. The van der Waals surface area contributed by atoms with Gasteiger partial charge in [-0.3, -0.25) is 9.20 Å². The number of benzene rings is 2. The van der Waals surface area contributed by atoms with Crippen LogP contribution in [0.2, 0.25) is 0 Å². The number of halogens is 1. The first-order valence-electron chi connectivity index (χ1n) is 9.77. The van der Waals surface area contributed by atoms with Gasteiger partial charge in [-0.2, -0.15) is 4.98 Å². The minimum atomic E-state index is -0.166. The molecule has 1 aliphatic carbocycles. The molecule has 0 radical (unpaired) electrons. The average molecular weight is 426 g/mol. The molecule has 1 fully saturated rings. The lowest BCUT2D eigenvalue weighted by Crippen LogP contribution is -2.14. The van der Waals surface area contributed by atoms with E-state index in [9.17, 15) is 4.79 Å². The number of rotatable bonds is 1. The zero-order valence-electron chi connectivity index (χ0n) is 16.0. The van der Waals surface area contributed by atoms with Crippen LogP contribution in [-0.4, -0.2) is 14.0 Å². The molecule has 1 aliphatic rings. The Balaban J connectivity index is 0.000000872. The first-order chi connectivity index (χ1) is 13.1. The fourth-order valence-corrected chi connectivity index (χ4v) is 4.79. The van der Waals surface area contributed by atoms with Crippen molar-refractivity contribution in [2.75, 3.05) is 0 Å². The quantitative estimate of drug-likeness (QED) is 0.374. The van der Waals surface area contributed by atoms with Crippen molar-refractivity contribution in [1.82, 2.24) is 14.0 Å². The van der Waals surface area contributed by atoms with Gasteiger partial charge in [0, 0.05) is 10.5 Å². The maximum absolute atomic E-state index is 12.8. The van der Waals surface area contributed by atoms with Gasteiger partial charge < -0.3 is 4.57 Å². The summed E-state index contributed by atoms with van der Waals surface area (Å²) in [6.45, 7) is 6.11. The summed E-state index contributed by atoms with van der Waals surface area (Å²) in [4.78, 5) is 17.3. The third-order valence-electron chi connectivity index (χ3n) is 5.38. The van der Waals surface area contributed by atoms with Gasteiger partial charge in [-0.05, 0) is 65.5 Å². The predicted molar refractivity (Wildman–Crippen MR) is 116 cm³/mol. The molecule has 4 aromatic rings. The highest BCUT2D eigenvalue weighted by Gasteiger charge is 2.24. The van der Waals surface area contributed by atoms with Crippen molar-refractivity contribution in [3.63, 3.8) is 0 Å². The average Bonchev–Trinajstić information content (AvgIpc) is 3.28. The number of imidazole rings is 1. The van der Waals surface area contributed by atoms with Crippen LogP contribution in [0.25, 0.3) is 27.7 Å². The number of nitrogens with zero attached hydrogens (tertiary/aromatic N) is 3. The van der Waals surface area contributed by atoms with Crippen molar-refractivity contribution in [1.29, 1.82) is 0 Å². The maximum atomic E-state index is 12.8. The molecule has 4 nitrogen and oxygen atoms in total. The summed E-state index contributed by atoms with van der Waals surface area (Å²) in [7, 11) is 0. The Labute approximate surface area is 167 Å². The second-order valence-electron chi connectivity index (χ2n) is 6.99. The number of hydrogen-bond acceptors (Lipinski definition) is 2. The van der Waals surface area contributed by atoms with Crippen LogP contribution < -0.4 is 5.56 Å². The van der Waals surface area contributed by atoms with Gasteiger partial charge in [-0.1, -0.05) is 38.8 Å². The summed E-state index contributed by atoms with van der Waals surface area (Å²) >= 11 is 3.52. The second kappa shape index (κ2) is 7.12. The van der Waals surface area contributed by atoms with Gasteiger partial charge >= 0.3 is 0 Å². The lowest BCUT2D eigenvalue weighted by atomic mass is 10.2. The fourth-order valence-electron chi connectivity index (χ4n) is 4.26. The first kappa shape index (κ1) is 18.2. The van der Waals surface area contributed by atoms with Gasteiger partial charge in [0.15, 0.2) is 0 Å². The van der Waals surface area contributed by atoms with E-state index in [4.69, 9.17) is 0 Å². The Kier molecular flexibility index (Phi) is 4.81. The predicted octanol–water partition coefficient (Wildman–Crippen LogP) is 6.01. The number of aromatic nitrogens is 3. The fraction of sp³-hybridized carbons (Fsp3) is 0.364. The van der Waals surface area contributed by atoms with Gasteiger partial charge in [0.05, 0.1) is 21.9 Å². The lowest BCUT2D eigenvalue weighted by molar-refractivity contribution is 0.543. The Morgan fingerprint density at radius 3 is 2.52 bits per heavy atom. The minimum absolute atomic E-state index is 0.166. The molecule has 0 unspecified atom stereocenters. The molecule has 0 atom stereocenters. The number of fused-ring (bicyclic) bond motifs is 5. The summed E-state index contributed by atoms with van der Waals surface area (Å²) in [5, 5.41) is 0.644. The smallest absolute Gasteiger partial charge is 0.283 e. The van der Waals surface area contributed by atoms with Crippen molar-refractivity contribution >= 4 is 43.6 Å². The molecule has 5 heteroatoms. The molecule has 1 saturated carbocycles. The Morgan fingerprint density at radius 1 is 1.04 bits per heavy atom. The van der Waals surface area contributed by atoms with Crippen LogP contribution in [0.3, 0.4) is 0 Å². The summed E-state index contributed by atoms with van der Waals surface area (Å²) in [5.74, 6) is 0.767. The molecule has 0 bridgehead atoms. The van der Waals surface area contributed by atoms with Crippen molar-refractivity contribution < 1.29 is 0 Å². The van der Waals surface area contributed by atoms with Crippen LogP contribution in [0.5, 0.6) is 0 Å². The van der Waals surface area contributed by atoms with Crippen molar-refractivity contribution in [3.8, 4) is 0 Å². The van der Waals surface area contributed by atoms with E-state index >= 15 is 0 Å². The van der Waals surface area contributed by atoms with E-state index in [1.807, 2.05) is 32.0 Å². The van der Waals surface area contributed by atoms with Crippen LogP contribution >= 0.6 is 15.9 Å². The molecule has 0 saturated heterocycles. The van der Waals surface area contributed by atoms with Crippen molar-refractivity contribution in [2.45, 2.75) is 52.5 Å². The molecule has 2 heterocycles. The molecule has 27 heavy (non-hydrogen) atoms. The zero-order valence-corrected chi connectivity index (χ0v) is 17.6. The Hall–Kier alpha value is -2.14. The van der Waals surface area contributed by atoms with E-state index in [0.717, 1.165) is 34.1 Å². The Bertz CT molecular complexity index is 1200. The normalized spacial score (nSPS) is 14.8. The van der Waals surface area contributed by atoms with E-state index in [-0.39, 0.29) is 5.56 Å². The first-order valence-corrected chi connectivity index (χ1v) is 10.6.